The summed E-state index contributed by atoms with van der Waals surface area (Å²) in [6.45, 7) is 6.14. The smallest absolute Gasteiger partial charge is 0.328 e. The molecule has 22 heavy (non-hydrogen) atoms. The Labute approximate surface area is 131 Å². The summed E-state index contributed by atoms with van der Waals surface area (Å²) in [5.41, 5.74) is 0.804. The van der Waals surface area contributed by atoms with E-state index in [1.54, 1.807) is 6.08 Å². The van der Waals surface area contributed by atoms with Gasteiger partial charge in [0, 0.05) is 11.6 Å². The third-order valence-electron chi connectivity index (χ3n) is 3.05. The lowest BCUT2D eigenvalue weighted by molar-refractivity contribution is -0.145. The van der Waals surface area contributed by atoms with Crippen LogP contribution < -0.4 is 10.1 Å². The number of benzene rings is 1. The Balaban J connectivity index is 2.77. The van der Waals surface area contributed by atoms with E-state index in [0.29, 0.717) is 12.4 Å². The van der Waals surface area contributed by atoms with Crippen molar-refractivity contribution in [2.75, 3.05) is 13.7 Å². The molecule has 0 heterocycles. The molecule has 0 aliphatic rings. The first-order valence-electron chi connectivity index (χ1n) is 7.27. The van der Waals surface area contributed by atoms with E-state index in [0.717, 1.165) is 5.56 Å². The van der Waals surface area contributed by atoms with Crippen LogP contribution in [-0.4, -0.2) is 31.6 Å². The Morgan fingerprint density at radius 3 is 2.55 bits per heavy atom. The first-order valence-corrected chi connectivity index (χ1v) is 7.27. The number of hydrogen-bond donors (Lipinski definition) is 1. The number of hydrogen-bond acceptors (Lipinski definition) is 4. The van der Waals surface area contributed by atoms with Crippen LogP contribution in [0.4, 0.5) is 0 Å². The lowest BCUT2D eigenvalue weighted by Crippen LogP contribution is -2.44. The molecule has 0 saturated heterocycles. The van der Waals surface area contributed by atoms with Gasteiger partial charge in [-0.2, -0.15) is 0 Å². The van der Waals surface area contributed by atoms with E-state index in [-0.39, 0.29) is 11.8 Å². The first-order chi connectivity index (χ1) is 10.5. The molecule has 1 N–H and O–H groups in total. The Kier molecular flexibility index (Phi) is 7.16. The molecule has 0 aromatic heterocycles. The van der Waals surface area contributed by atoms with E-state index in [4.69, 9.17) is 9.47 Å². The zero-order valence-corrected chi connectivity index (χ0v) is 13.5. The summed E-state index contributed by atoms with van der Waals surface area (Å²) in [5, 5.41) is 2.65. The molecular formula is C17H23NO4. The Morgan fingerprint density at radius 2 is 1.95 bits per heavy atom. The standard InChI is InChI=1S/C17H23NO4/c1-5-22-14-9-7-6-8-13(14)10-11-15(19)18-16(12(2)3)17(20)21-4/h6-12,16H,5H2,1-4H3,(H,18,19)/b11-10-/t16-/m1/s1. The van der Waals surface area contributed by atoms with Crippen LogP contribution in [-0.2, 0) is 14.3 Å². The number of carbonyl (C=O) groups excluding carboxylic acids is 2. The maximum absolute atomic E-state index is 12.0. The van der Waals surface area contributed by atoms with Crippen molar-refractivity contribution in [2.45, 2.75) is 26.8 Å². The van der Waals surface area contributed by atoms with E-state index in [2.05, 4.69) is 5.32 Å². The summed E-state index contributed by atoms with van der Waals surface area (Å²) < 4.78 is 10.2. The van der Waals surface area contributed by atoms with Crippen molar-refractivity contribution in [1.82, 2.24) is 5.32 Å². The summed E-state index contributed by atoms with van der Waals surface area (Å²) in [7, 11) is 1.30. The van der Waals surface area contributed by atoms with Crippen LogP contribution in [0.2, 0.25) is 0 Å². The van der Waals surface area contributed by atoms with Crippen LogP contribution in [0.25, 0.3) is 6.08 Å². The van der Waals surface area contributed by atoms with Crippen molar-refractivity contribution < 1.29 is 19.1 Å². The summed E-state index contributed by atoms with van der Waals surface area (Å²) in [6, 6.07) is 6.77. The van der Waals surface area contributed by atoms with Gasteiger partial charge in [0.05, 0.1) is 13.7 Å². The molecule has 1 atom stereocenters. The SMILES string of the molecule is CCOc1ccccc1/C=C\C(=O)N[C@@H](C(=O)OC)C(C)C. The second-order valence-electron chi connectivity index (χ2n) is 5.06. The lowest BCUT2D eigenvalue weighted by Gasteiger charge is -2.18. The van der Waals surface area contributed by atoms with Gasteiger partial charge < -0.3 is 14.8 Å². The summed E-state index contributed by atoms with van der Waals surface area (Å²) in [4.78, 5) is 23.6. The van der Waals surface area contributed by atoms with Gasteiger partial charge >= 0.3 is 5.97 Å². The minimum atomic E-state index is -0.663. The zero-order chi connectivity index (χ0) is 16.5. The van der Waals surface area contributed by atoms with Gasteiger partial charge in [0.15, 0.2) is 0 Å². The number of esters is 1. The molecule has 5 heteroatoms. The van der Waals surface area contributed by atoms with Crippen molar-refractivity contribution in [3.05, 3.63) is 35.9 Å². The third kappa shape index (κ3) is 5.24. The predicted molar refractivity (Wildman–Crippen MR) is 85.4 cm³/mol. The van der Waals surface area contributed by atoms with Crippen molar-refractivity contribution in [3.8, 4) is 5.75 Å². The maximum Gasteiger partial charge on any atom is 0.328 e. The maximum atomic E-state index is 12.0. The van der Waals surface area contributed by atoms with Crippen molar-refractivity contribution in [2.24, 2.45) is 5.92 Å². The molecule has 120 valence electrons. The van der Waals surface area contributed by atoms with Gasteiger partial charge in [0.2, 0.25) is 5.91 Å². The molecule has 0 radical (unpaired) electrons. The van der Waals surface area contributed by atoms with Crippen LogP contribution in [0.15, 0.2) is 30.3 Å². The molecule has 0 saturated carbocycles. The predicted octanol–water partition coefficient (Wildman–Crippen LogP) is 2.41. The molecule has 1 aromatic carbocycles. The van der Waals surface area contributed by atoms with Crippen LogP contribution in [0, 0.1) is 5.92 Å². The second kappa shape index (κ2) is 8.87. The lowest BCUT2D eigenvalue weighted by atomic mass is 10.0. The highest BCUT2D eigenvalue weighted by atomic mass is 16.5. The second-order valence-corrected chi connectivity index (χ2v) is 5.06. The number of amides is 1. The molecule has 5 nitrogen and oxygen atoms in total. The monoisotopic (exact) mass is 305 g/mol. The van der Waals surface area contributed by atoms with E-state index in [9.17, 15) is 9.59 Å². The van der Waals surface area contributed by atoms with Gasteiger partial charge in [-0.25, -0.2) is 4.79 Å². The number of ether oxygens (including phenoxy) is 2. The van der Waals surface area contributed by atoms with Crippen molar-refractivity contribution in [3.63, 3.8) is 0 Å². The molecular weight excluding hydrogens is 282 g/mol. The third-order valence-corrected chi connectivity index (χ3v) is 3.05. The van der Waals surface area contributed by atoms with E-state index in [1.807, 2.05) is 45.0 Å². The van der Waals surface area contributed by atoms with Gasteiger partial charge in [-0.15, -0.1) is 0 Å². The molecule has 1 aromatic rings. The highest BCUT2D eigenvalue weighted by molar-refractivity contribution is 5.94. The van der Waals surface area contributed by atoms with E-state index < -0.39 is 12.0 Å². The largest absolute Gasteiger partial charge is 0.493 e. The average Bonchev–Trinajstić information content (AvgIpc) is 2.51. The van der Waals surface area contributed by atoms with Crippen LogP contribution in [0.3, 0.4) is 0 Å². The zero-order valence-electron chi connectivity index (χ0n) is 13.5. The number of nitrogens with one attached hydrogen (secondary N) is 1. The summed E-state index contributed by atoms with van der Waals surface area (Å²) in [5.74, 6) is -0.148. The molecule has 1 rings (SSSR count). The average molecular weight is 305 g/mol. The molecule has 0 bridgehead atoms. The van der Waals surface area contributed by atoms with E-state index in [1.165, 1.54) is 13.2 Å². The van der Waals surface area contributed by atoms with Gasteiger partial charge in [-0.3, -0.25) is 4.79 Å². The fourth-order valence-corrected chi connectivity index (χ4v) is 1.90. The summed E-state index contributed by atoms with van der Waals surface area (Å²) >= 11 is 0. The van der Waals surface area contributed by atoms with Crippen LogP contribution >= 0.6 is 0 Å². The fourth-order valence-electron chi connectivity index (χ4n) is 1.90. The van der Waals surface area contributed by atoms with E-state index >= 15 is 0 Å². The quantitative estimate of drug-likeness (QED) is 0.620. The fraction of sp³-hybridized carbons (Fsp3) is 0.412. The number of carbonyl (C=O) groups is 2. The normalized spacial score (nSPS) is 12.2. The molecule has 1 amide bonds. The summed E-state index contributed by atoms with van der Waals surface area (Å²) in [6.07, 6.45) is 3.05. The Morgan fingerprint density at radius 1 is 1.27 bits per heavy atom. The highest BCUT2D eigenvalue weighted by Gasteiger charge is 2.23. The molecule has 0 fully saturated rings. The molecule has 0 spiro atoms. The number of para-hydroxylation sites is 1. The van der Waals surface area contributed by atoms with Crippen LogP contribution in [0.1, 0.15) is 26.3 Å². The number of rotatable bonds is 7. The minimum Gasteiger partial charge on any atom is -0.493 e. The highest BCUT2D eigenvalue weighted by Crippen LogP contribution is 2.19. The molecule has 0 unspecified atom stereocenters. The molecule has 0 aliphatic carbocycles. The topological polar surface area (TPSA) is 64.6 Å². The van der Waals surface area contributed by atoms with Crippen LogP contribution in [0.5, 0.6) is 5.75 Å². The molecule has 0 aliphatic heterocycles. The Bertz CT molecular complexity index is 537. The van der Waals surface area contributed by atoms with Gasteiger partial charge in [0.1, 0.15) is 11.8 Å². The van der Waals surface area contributed by atoms with Gasteiger partial charge in [0.25, 0.3) is 0 Å². The first kappa shape index (κ1) is 17.8. The van der Waals surface area contributed by atoms with Crippen molar-refractivity contribution in [1.29, 1.82) is 0 Å². The van der Waals surface area contributed by atoms with Gasteiger partial charge in [-0.05, 0) is 25.0 Å². The van der Waals surface area contributed by atoms with Gasteiger partial charge in [-0.1, -0.05) is 32.0 Å². The van der Waals surface area contributed by atoms with Crippen molar-refractivity contribution >= 4 is 18.0 Å². The minimum absolute atomic E-state index is 0.0551. The Hall–Kier alpha value is -2.30. The number of methoxy groups -OCH3 is 1.